The van der Waals surface area contributed by atoms with Gasteiger partial charge in [0.1, 0.15) is 0 Å². The Balaban J connectivity index is 1.21. The summed E-state index contributed by atoms with van der Waals surface area (Å²) in [6.07, 6.45) is 10.9. The molecule has 28 heavy (non-hydrogen) atoms. The molecule has 1 saturated heterocycles. The highest BCUT2D eigenvalue weighted by molar-refractivity contribution is 5.23. The van der Waals surface area contributed by atoms with Gasteiger partial charge < -0.3 is 10.0 Å². The van der Waals surface area contributed by atoms with Gasteiger partial charge in [-0.3, -0.25) is 0 Å². The third-order valence-corrected chi connectivity index (χ3v) is 6.30. The monoisotopic (exact) mass is 379 g/mol. The summed E-state index contributed by atoms with van der Waals surface area (Å²) in [5.41, 5.74) is 3.29. The molecule has 0 spiro atoms. The lowest BCUT2D eigenvalue weighted by molar-refractivity contribution is -0.0261. The number of hydrogen-bond donors (Lipinski definition) is 1. The number of nitrogens with zero attached hydrogens (tertiary/aromatic N) is 1. The van der Waals surface area contributed by atoms with E-state index in [0.717, 1.165) is 31.5 Å². The minimum absolute atomic E-state index is 0.616. The molecule has 0 radical (unpaired) electrons. The minimum Gasteiger partial charge on any atom is -0.385 e. The van der Waals surface area contributed by atoms with E-state index in [0.29, 0.717) is 0 Å². The molecule has 0 amide bonds. The molecule has 3 rings (SSSR count). The lowest BCUT2D eigenvalue weighted by Gasteiger charge is -2.38. The summed E-state index contributed by atoms with van der Waals surface area (Å²) in [4.78, 5) is 2.54. The Morgan fingerprint density at radius 1 is 0.786 bits per heavy atom. The SMILES string of the molecule is Cc1ccc(CCCCCCCCN2CCC(O)(c3ccccc3)CC2)cc1. The predicted molar refractivity (Wildman–Crippen MR) is 119 cm³/mol. The normalized spacial score (nSPS) is 16.9. The first kappa shape index (κ1) is 21.1. The van der Waals surface area contributed by atoms with Crippen LogP contribution >= 0.6 is 0 Å². The van der Waals surface area contributed by atoms with Gasteiger partial charge in [-0.1, -0.05) is 85.8 Å². The Hall–Kier alpha value is -1.64. The largest absolute Gasteiger partial charge is 0.385 e. The van der Waals surface area contributed by atoms with E-state index in [1.54, 1.807) is 0 Å². The molecule has 0 atom stereocenters. The minimum atomic E-state index is -0.616. The topological polar surface area (TPSA) is 23.5 Å². The fourth-order valence-electron chi connectivity index (χ4n) is 4.31. The zero-order valence-electron chi connectivity index (χ0n) is 17.6. The molecule has 2 aromatic rings. The molecule has 1 N–H and O–H groups in total. The number of aryl methyl sites for hydroxylation is 2. The summed E-state index contributed by atoms with van der Waals surface area (Å²) < 4.78 is 0. The number of piperidine rings is 1. The predicted octanol–water partition coefficient (Wildman–Crippen LogP) is 5.86. The van der Waals surface area contributed by atoms with E-state index in [4.69, 9.17) is 0 Å². The van der Waals surface area contributed by atoms with E-state index in [-0.39, 0.29) is 0 Å². The second-order valence-electron chi connectivity index (χ2n) is 8.60. The van der Waals surface area contributed by atoms with Gasteiger partial charge in [0.15, 0.2) is 0 Å². The van der Waals surface area contributed by atoms with Crippen molar-refractivity contribution < 1.29 is 5.11 Å². The van der Waals surface area contributed by atoms with Gasteiger partial charge in [-0.15, -0.1) is 0 Å². The quantitative estimate of drug-likeness (QED) is 0.523. The number of aliphatic hydroxyl groups is 1. The molecule has 0 unspecified atom stereocenters. The molecule has 1 fully saturated rings. The van der Waals surface area contributed by atoms with Crippen molar-refractivity contribution in [2.45, 2.75) is 70.3 Å². The Kier molecular flexibility index (Phi) is 8.12. The molecule has 0 aliphatic carbocycles. The fraction of sp³-hybridized carbons (Fsp3) is 0.538. The van der Waals surface area contributed by atoms with Crippen LogP contribution in [0.25, 0.3) is 0 Å². The van der Waals surface area contributed by atoms with Crippen LogP contribution in [0.4, 0.5) is 0 Å². The standard InChI is InChI=1S/C26H37NO/c1-23-14-16-24(17-15-23)11-7-4-2-3-5-10-20-27-21-18-26(28,19-22-27)25-12-8-6-9-13-25/h6,8-9,12-17,28H,2-5,7,10-11,18-22H2,1H3. The van der Waals surface area contributed by atoms with Crippen LogP contribution < -0.4 is 0 Å². The van der Waals surface area contributed by atoms with Crippen molar-refractivity contribution in [2.75, 3.05) is 19.6 Å². The average Bonchev–Trinajstić information content (AvgIpc) is 2.73. The highest BCUT2D eigenvalue weighted by Crippen LogP contribution is 2.32. The Labute approximate surface area is 171 Å². The van der Waals surface area contributed by atoms with Gasteiger partial charge in [0.05, 0.1) is 5.60 Å². The first-order valence-electron chi connectivity index (χ1n) is 11.2. The second-order valence-corrected chi connectivity index (χ2v) is 8.60. The van der Waals surface area contributed by atoms with Crippen molar-refractivity contribution in [3.8, 4) is 0 Å². The molecular weight excluding hydrogens is 342 g/mol. The van der Waals surface area contributed by atoms with Gasteiger partial charge in [0, 0.05) is 13.1 Å². The van der Waals surface area contributed by atoms with Crippen molar-refractivity contribution >= 4 is 0 Å². The van der Waals surface area contributed by atoms with Gasteiger partial charge in [0.2, 0.25) is 0 Å². The molecule has 1 aliphatic rings. The summed E-state index contributed by atoms with van der Waals surface area (Å²) in [5, 5.41) is 10.9. The maximum atomic E-state index is 10.9. The lowest BCUT2D eigenvalue weighted by atomic mass is 9.84. The first-order chi connectivity index (χ1) is 13.7. The van der Waals surface area contributed by atoms with Crippen LogP contribution in [0.1, 0.15) is 68.1 Å². The van der Waals surface area contributed by atoms with Gasteiger partial charge in [-0.05, 0) is 56.7 Å². The Morgan fingerprint density at radius 3 is 2.07 bits per heavy atom. The number of likely N-dealkylation sites (tertiary alicyclic amines) is 1. The van der Waals surface area contributed by atoms with E-state index in [1.165, 1.54) is 62.6 Å². The van der Waals surface area contributed by atoms with Gasteiger partial charge >= 0.3 is 0 Å². The van der Waals surface area contributed by atoms with E-state index in [1.807, 2.05) is 18.2 Å². The van der Waals surface area contributed by atoms with E-state index in [2.05, 4.69) is 48.2 Å². The lowest BCUT2D eigenvalue weighted by Crippen LogP contribution is -2.42. The number of benzene rings is 2. The van der Waals surface area contributed by atoms with Crippen molar-refractivity contribution in [1.29, 1.82) is 0 Å². The summed E-state index contributed by atoms with van der Waals surface area (Å²) in [6.45, 7) is 5.37. The summed E-state index contributed by atoms with van der Waals surface area (Å²) >= 11 is 0. The summed E-state index contributed by atoms with van der Waals surface area (Å²) in [7, 11) is 0. The van der Waals surface area contributed by atoms with Crippen molar-refractivity contribution in [3.05, 3.63) is 71.3 Å². The van der Waals surface area contributed by atoms with Crippen LogP contribution in [0, 0.1) is 6.92 Å². The highest BCUT2D eigenvalue weighted by atomic mass is 16.3. The van der Waals surface area contributed by atoms with Crippen molar-refractivity contribution in [2.24, 2.45) is 0 Å². The summed E-state index contributed by atoms with van der Waals surface area (Å²) in [6, 6.07) is 19.2. The molecule has 2 heteroatoms. The first-order valence-corrected chi connectivity index (χ1v) is 11.2. The van der Waals surface area contributed by atoms with Crippen molar-refractivity contribution in [1.82, 2.24) is 4.90 Å². The van der Waals surface area contributed by atoms with Crippen LogP contribution in [0.15, 0.2) is 54.6 Å². The molecule has 152 valence electrons. The third-order valence-electron chi connectivity index (χ3n) is 6.30. The third kappa shape index (κ3) is 6.46. The molecule has 2 nitrogen and oxygen atoms in total. The van der Waals surface area contributed by atoms with E-state index < -0.39 is 5.60 Å². The zero-order chi connectivity index (χ0) is 19.7. The van der Waals surface area contributed by atoms with E-state index >= 15 is 0 Å². The van der Waals surface area contributed by atoms with Crippen LogP contribution in [0.3, 0.4) is 0 Å². The van der Waals surface area contributed by atoms with Crippen molar-refractivity contribution in [3.63, 3.8) is 0 Å². The molecule has 0 aromatic heterocycles. The maximum absolute atomic E-state index is 10.9. The second kappa shape index (κ2) is 10.8. The Bertz CT molecular complexity index is 671. The fourth-order valence-corrected chi connectivity index (χ4v) is 4.31. The summed E-state index contributed by atoms with van der Waals surface area (Å²) in [5.74, 6) is 0. The molecule has 0 saturated carbocycles. The maximum Gasteiger partial charge on any atom is 0.0920 e. The van der Waals surface area contributed by atoms with Crippen LogP contribution in [-0.2, 0) is 12.0 Å². The molecule has 1 aliphatic heterocycles. The van der Waals surface area contributed by atoms with E-state index in [9.17, 15) is 5.11 Å². The Morgan fingerprint density at radius 2 is 1.39 bits per heavy atom. The zero-order valence-corrected chi connectivity index (χ0v) is 17.6. The molecular formula is C26H37NO. The van der Waals surface area contributed by atoms with Gasteiger partial charge in [-0.2, -0.15) is 0 Å². The van der Waals surface area contributed by atoms with Crippen LogP contribution in [0.5, 0.6) is 0 Å². The highest BCUT2D eigenvalue weighted by Gasteiger charge is 2.33. The molecule has 2 aromatic carbocycles. The van der Waals surface area contributed by atoms with Gasteiger partial charge in [-0.25, -0.2) is 0 Å². The number of hydrogen-bond acceptors (Lipinski definition) is 2. The smallest absolute Gasteiger partial charge is 0.0920 e. The number of rotatable bonds is 10. The molecule has 0 bridgehead atoms. The number of unbranched alkanes of at least 4 members (excludes halogenated alkanes) is 5. The average molecular weight is 380 g/mol. The van der Waals surface area contributed by atoms with Crippen LogP contribution in [-0.4, -0.2) is 29.6 Å². The molecule has 1 heterocycles. The van der Waals surface area contributed by atoms with Gasteiger partial charge in [0.25, 0.3) is 0 Å². The van der Waals surface area contributed by atoms with Crippen LogP contribution in [0.2, 0.25) is 0 Å².